The molecule has 0 heterocycles. The first kappa shape index (κ1) is 10.3. The number of fused-ring (bicyclic) bond motifs is 1. The summed E-state index contributed by atoms with van der Waals surface area (Å²) < 4.78 is 0. The minimum atomic E-state index is -0.209. The smallest absolute Gasteiger partial charge is 0.221 e. The third-order valence-electron chi connectivity index (χ3n) is 2.63. The maximum atomic E-state index is 10.9. The Bertz CT molecular complexity index is 429. The van der Waals surface area contributed by atoms with Crippen LogP contribution in [0.25, 0.3) is 0 Å². The van der Waals surface area contributed by atoms with E-state index in [1.807, 2.05) is 0 Å². The van der Waals surface area contributed by atoms with Crippen molar-refractivity contribution in [3.05, 3.63) is 22.2 Å². The van der Waals surface area contributed by atoms with Crippen molar-refractivity contribution in [3.63, 3.8) is 0 Å². The molecule has 0 atom stereocenters. The highest BCUT2D eigenvalue weighted by molar-refractivity contribution is 6.32. The fourth-order valence-electron chi connectivity index (χ4n) is 2.00. The second-order valence-electron chi connectivity index (χ2n) is 3.75. The van der Waals surface area contributed by atoms with Crippen molar-refractivity contribution < 1.29 is 9.90 Å². The number of hydrogen-bond donors (Lipinski definition) is 2. The lowest BCUT2D eigenvalue weighted by Crippen LogP contribution is -2.06. The highest BCUT2D eigenvalue weighted by Gasteiger charge is 2.21. The van der Waals surface area contributed by atoms with Crippen LogP contribution in [0.15, 0.2) is 6.07 Å². The van der Waals surface area contributed by atoms with Crippen LogP contribution in [0, 0.1) is 0 Å². The molecule has 1 aliphatic carbocycles. The van der Waals surface area contributed by atoms with E-state index in [2.05, 4.69) is 5.32 Å². The second-order valence-corrected chi connectivity index (χ2v) is 4.15. The van der Waals surface area contributed by atoms with Crippen molar-refractivity contribution in [1.29, 1.82) is 0 Å². The fraction of sp³-hybridized carbons (Fsp3) is 0.364. The lowest BCUT2D eigenvalue weighted by molar-refractivity contribution is -0.114. The summed E-state index contributed by atoms with van der Waals surface area (Å²) in [5.74, 6) is -0.0404. The van der Waals surface area contributed by atoms with Gasteiger partial charge in [-0.1, -0.05) is 11.6 Å². The molecule has 0 fully saturated rings. The largest absolute Gasteiger partial charge is 0.505 e. The Balaban J connectivity index is 2.50. The topological polar surface area (TPSA) is 49.3 Å². The van der Waals surface area contributed by atoms with Crippen LogP contribution in [-0.2, 0) is 17.6 Å². The Morgan fingerprint density at radius 1 is 1.47 bits per heavy atom. The first-order chi connectivity index (χ1) is 7.09. The summed E-state index contributed by atoms with van der Waals surface area (Å²) in [6.45, 7) is 1.40. The number of hydrogen-bond acceptors (Lipinski definition) is 2. The molecule has 1 aromatic carbocycles. The molecule has 0 unspecified atom stereocenters. The molecule has 2 N–H and O–H groups in total. The van der Waals surface area contributed by atoms with Gasteiger partial charge in [0.2, 0.25) is 5.91 Å². The maximum Gasteiger partial charge on any atom is 0.221 e. The molecule has 1 aliphatic rings. The molecule has 0 saturated carbocycles. The minimum absolute atomic E-state index is 0.169. The normalized spacial score (nSPS) is 13.7. The van der Waals surface area contributed by atoms with Gasteiger partial charge in [-0.05, 0) is 30.9 Å². The van der Waals surface area contributed by atoms with E-state index in [-0.39, 0.29) is 11.7 Å². The van der Waals surface area contributed by atoms with Crippen LogP contribution in [0.5, 0.6) is 5.75 Å². The average Bonchev–Trinajstić information content (AvgIpc) is 2.61. The van der Waals surface area contributed by atoms with Gasteiger partial charge in [-0.25, -0.2) is 0 Å². The molecule has 1 amide bonds. The number of aromatic hydroxyl groups is 1. The second kappa shape index (κ2) is 3.74. The highest BCUT2D eigenvalue weighted by Crippen LogP contribution is 2.40. The van der Waals surface area contributed by atoms with Crippen LogP contribution in [0.3, 0.4) is 0 Å². The van der Waals surface area contributed by atoms with Crippen molar-refractivity contribution in [3.8, 4) is 5.75 Å². The van der Waals surface area contributed by atoms with Crippen LogP contribution in [0.1, 0.15) is 24.5 Å². The van der Waals surface area contributed by atoms with Crippen molar-refractivity contribution in [2.24, 2.45) is 0 Å². The molecule has 0 bridgehead atoms. The van der Waals surface area contributed by atoms with Crippen LogP contribution >= 0.6 is 11.6 Å². The summed E-state index contributed by atoms with van der Waals surface area (Å²) in [4.78, 5) is 10.9. The molecule has 0 aromatic heterocycles. The molecule has 2 rings (SSSR count). The Morgan fingerprint density at radius 3 is 2.80 bits per heavy atom. The maximum absolute atomic E-state index is 10.9. The number of amides is 1. The molecule has 1 aromatic rings. The Labute approximate surface area is 93.1 Å². The molecule has 0 saturated heterocycles. The van der Waals surface area contributed by atoms with Crippen molar-refractivity contribution in [2.45, 2.75) is 26.2 Å². The van der Waals surface area contributed by atoms with Crippen LogP contribution in [-0.4, -0.2) is 11.0 Å². The van der Waals surface area contributed by atoms with Gasteiger partial charge in [0.1, 0.15) is 5.75 Å². The van der Waals surface area contributed by atoms with E-state index in [0.29, 0.717) is 10.7 Å². The first-order valence-electron chi connectivity index (χ1n) is 4.90. The van der Waals surface area contributed by atoms with Gasteiger partial charge in [-0.2, -0.15) is 0 Å². The van der Waals surface area contributed by atoms with Gasteiger partial charge in [0.25, 0.3) is 0 Å². The first-order valence-corrected chi connectivity index (χ1v) is 5.28. The number of carbonyl (C=O) groups is 1. The van der Waals surface area contributed by atoms with Gasteiger partial charge >= 0.3 is 0 Å². The Hall–Kier alpha value is -1.22. The van der Waals surface area contributed by atoms with E-state index in [1.54, 1.807) is 6.07 Å². The SMILES string of the molecule is CC(=O)Nc1cc(Cl)c2c(c1O)CCC2. The molecular formula is C11H12ClNO2. The zero-order chi connectivity index (χ0) is 11.0. The van der Waals surface area contributed by atoms with Crippen LogP contribution < -0.4 is 5.32 Å². The summed E-state index contributed by atoms with van der Waals surface area (Å²) in [6, 6.07) is 1.61. The average molecular weight is 226 g/mol. The third-order valence-corrected chi connectivity index (χ3v) is 2.97. The molecule has 80 valence electrons. The summed E-state index contributed by atoms with van der Waals surface area (Å²) in [6.07, 6.45) is 2.74. The van der Waals surface area contributed by atoms with Crippen molar-refractivity contribution >= 4 is 23.2 Å². The summed E-state index contributed by atoms with van der Waals surface area (Å²) >= 11 is 6.07. The summed E-state index contributed by atoms with van der Waals surface area (Å²) in [5, 5.41) is 13.1. The standard InChI is InChI=1S/C11H12ClNO2/c1-6(14)13-10-5-9(12)7-3-2-4-8(7)11(10)15/h5,15H,2-4H2,1H3,(H,13,14). The van der Waals surface area contributed by atoms with Crippen molar-refractivity contribution in [1.82, 2.24) is 0 Å². The van der Waals surface area contributed by atoms with E-state index in [0.717, 1.165) is 30.4 Å². The molecule has 3 nitrogen and oxygen atoms in total. The van der Waals surface area contributed by atoms with Crippen molar-refractivity contribution in [2.75, 3.05) is 5.32 Å². The summed E-state index contributed by atoms with van der Waals surface area (Å²) in [7, 11) is 0. The number of phenols is 1. The van der Waals surface area contributed by atoms with Gasteiger partial charge in [0.15, 0.2) is 0 Å². The van der Waals surface area contributed by atoms with E-state index in [4.69, 9.17) is 11.6 Å². The van der Waals surface area contributed by atoms with E-state index in [9.17, 15) is 9.90 Å². The monoisotopic (exact) mass is 225 g/mol. The molecule has 4 heteroatoms. The van der Waals surface area contributed by atoms with Crippen LogP contribution in [0.4, 0.5) is 5.69 Å². The van der Waals surface area contributed by atoms with Gasteiger partial charge in [0.05, 0.1) is 5.69 Å². The quantitative estimate of drug-likeness (QED) is 0.722. The summed E-state index contributed by atoms with van der Waals surface area (Å²) in [5.41, 5.74) is 2.31. The lowest BCUT2D eigenvalue weighted by Gasteiger charge is -2.11. The van der Waals surface area contributed by atoms with Gasteiger partial charge in [0, 0.05) is 17.5 Å². The zero-order valence-corrected chi connectivity index (χ0v) is 9.19. The molecule has 15 heavy (non-hydrogen) atoms. The Kier molecular flexibility index (Phi) is 2.57. The minimum Gasteiger partial charge on any atom is -0.505 e. The van der Waals surface area contributed by atoms with Crippen LogP contribution in [0.2, 0.25) is 5.02 Å². The predicted molar refractivity (Wildman–Crippen MR) is 59.4 cm³/mol. The number of rotatable bonds is 1. The van der Waals surface area contributed by atoms with E-state index < -0.39 is 0 Å². The number of nitrogens with one attached hydrogen (secondary N) is 1. The highest BCUT2D eigenvalue weighted by atomic mass is 35.5. The number of halogens is 1. The number of anilines is 1. The third kappa shape index (κ3) is 1.79. The number of phenolic OH excluding ortho intramolecular Hbond substituents is 1. The zero-order valence-electron chi connectivity index (χ0n) is 8.43. The van der Waals surface area contributed by atoms with Gasteiger partial charge < -0.3 is 10.4 Å². The number of carbonyl (C=O) groups excluding carboxylic acids is 1. The molecule has 0 aliphatic heterocycles. The molecule has 0 spiro atoms. The van der Waals surface area contributed by atoms with E-state index in [1.165, 1.54) is 6.92 Å². The van der Waals surface area contributed by atoms with Gasteiger partial charge in [-0.3, -0.25) is 4.79 Å². The fourth-order valence-corrected chi connectivity index (χ4v) is 2.32. The Morgan fingerprint density at radius 2 is 2.13 bits per heavy atom. The van der Waals surface area contributed by atoms with Gasteiger partial charge in [-0.15, -0.1) is 0 Å². The molecular weight excluding hydrogens is 214 g/mol. The predicted octanol–water partition coefficient (Wildman–Crippen LogP) is 2.49. The lowest BCUT2D eigenvalue weighted by atomic mass is 10.1. The molecule has 0 radical (unpaired) electrons. The number of benzene rings is 1. The van der Waals surface area contributed by atoms with E-state index >= 15 is 0 Å².